The molecule has 0 radical (unpaired) electrons. The number of alkyl carbamates (subject to hydrolysis) is 1. The molecule has 1 heterocycles. The predicted octanol–water partition coefficient (Wildman–Crippen LogP) is 6.52. The van der Waals surface area contributed by atoms with Crippen LogP contribution in [0.15, 0.2) is 89.8 Å². The first-order valence-corrected chi connectivity index (χ1v) is 12.7. The number of carbonyl (C=O) groups is 2. The quantitative estimate of drug-likeness (QED) is 0.204. The summed E-state index contributed by atoms with van der Waals surface area (Å²) in [6, 6.07) is 22.2. The molecule has 3 N–H and O–H groups in total. The lowest BCUT2D eigenvalue weighted by Gasteiger charge is -2.17. The minimum atomic E-state index is -0.523. The van der Waals surface area contributed by atoms with E-state index >= 15 is 0 Å². The van der Waals surface area contributed by atoms with Gasteiger partial charge in [-0.3, -0.25) is 0 Å². The van der Waals surface area contributed by atoms with Gasteiger partial charge in [-0.1, -0.05) is 49.4 Å². The van der Waals surface area contributed by atoms with Gasteiger partial charge < -0.3 is 29.8 Å². The maximum absolute atomic E-state index is 12.6. The Labute approximate surface area is 227 Å². The van der Waals surface area contributed by atoms with Crippen molar-refractivity contribution in [1.29, 1.82) is 0 Å². The summed E-state index contributed by atoms with van der Waals surface area (Å²) in [7, 11) is 0. The molecule has 1 aromatic heterocycles. The number of amides is 3. The van der Waals surface area contributed by atoms with Crippen LogP contribution in [0.25, 0.3) is 11.3 Å². The van der Waals surface area contributed by atoms with Gasteiger partial charge in [0.15, 0.2) is 12.2 Å². The number of nitrogens with one attached hydrogen (secondary N) is 3. The number of urea groups is 1. The highest BCUT2D eigenvalue weighted by atomic mass is 16.6. The minimum absolute atomic E-state index is 0.250. The standard InChI is InChI=1S/C30H32N4O5/c1-3-26(19-37-18-22-8-5-4-6-9-22)39-30(36)32-16-23-10-7-11-24(15-23)33-29(35)34-25-12-13-27(21(2)14-25)28-17-31-20-38-28/h4-15,17,20,26H,3,16,18-19H2,1-2H3,(H,32,36)(H2,33,34,35)/t26-/m1/s1. The highest BCUT2D eigenvalue weighted by Crippen LogP contribution is 2.25. The van der Waals surface area contributed by atoms with Gasteiger partial charge in [0.2, 0.25) is 0 Å². The molecule has 0 unspecified atom stereocenters. The molecule has 0 saturated heterocycles. The van der Waals surface area contributed by atoms with Crippen LogP contribution < -0.4 is 16.0 Å². The second kappa shape index (κ2) is 13.8. The average molecular weight is 529 g/mol. The van der Waals surface area contributed by atoms with Crippen LogP contribution in [0.5, 0.6) is 0 Å². The van der Waals surface area contributed by atoms with E-state index in [-0.39, 0.29) is 18.7 Å². The number of ether oxygens (including phenoxy) is 2. The summed E-state index contributed by atoms with van der Waals surface area (Å²) < 4.78 is 16.6. The summed E-state index contributed by atoms with van der Waals surface area (Å²) in [6.45, 7) is 4.90. The van der Waals surface area contributed by atoms with Crippen molar-refractivity contribution in [2.45, 2.75) is 39.5 Å². The molecule has 4 rings (SSSR count). The SMILES string of the molecule is CC[C@H](COCc1ccccc1)OC(=O)NCc1cccc(NC(=O)Nc2ccc(-c3cnco3)c(C)c2)c1. The zero-order chi connectivity index (χ0) is 27.5. The van der Waals surface area contributed by atoms with E-state index in [1.165, 1.54) is 6.39 Å². The molecule has 0 aliphatic heterocycles. The highest BCUT2D eigenvalue weighted by Gasteiger charge is 2.13. The van der Waals surface area contributed by atoms with Crippen LogP contribution in [0, 0.1) is 6.92 Å². The van der Waals surface area contributed by atoms with Gasteiger partial charge >= 0.3 is 12.1 Å². The molecule has 0 bridgehead atoms. The molecule has 0 spiro atoms. The monoisotopic (exact) mass is 528 g/mol. The second-order valence-electron chi connectivity index (χ2n) is 8.96. The second-order valence-corrected chi connectivity index (χ2v) is 8.96. The van der Waals surface area contributed by atoms with Crippen LogP contribution >= 0.6 is 0 Å². The van der Waals surface area contributed by atoms with Crippen LogP contribution in [0.3, 0.4) is 0 Å². The fourth-order valence-corrected chi connectivity index (χ4v) is 3.90. The van der Waals surface area contributed by atoms with Crippen molar-refractivity contribution >= 4 is 23.5 Å². The van der Waals surface area contributed by atoms with E-state index < -0.39 is 6.09 Å². The summed E-state index contributed by atoms with van der Waals surface area (Å²) in [5.74, 6) is 0.666. The number of nitrogens with zero attached hydrogens (tertiary/aromatic N) is 1. The van der Waals surface area contributed by atoms with E-state index in [0.717, 1.165) is 22.3 Å². The molecule has 3 aromatic carbocycles. The number of rotatable bonds is 11. The third kappa shape index (κ3) is 8.44. The van der Waals surface area contributed by atoms with Gasteiger partial charge in [0.05, 0.1) is 19.4 Å². The molecule has 3 amide bonds. The largest absolute Gasteiger partial charge is 0.444 e. The average Bonchev–Trinajstić information content (AvgIpc) is 3.47. The molecule has 0 aliphatic rings. The lowest BCUT2D eigenvalue weighted by molar-refractivity contribution is 0.0118. The predicted molar refractivity (Wildman–Crippen MR) is 149 cm³/mol. The molecule has 9 heteroatoms. The molecule has 39 heavy (non-hydrogen) atoms. The van der Waals surface area contributed by atoms with Crippen LogP contribution in [-0.2, 0) is 22.6 Å². The van der Waals surface area contributed by atoms with Gasteiger partial charge in [-0.2, -0.15) is 0 Å². The summed E-state index contributed by atoms with van der Waals surface area (Å²) in [5, 5.41) is 8.41. The Balaban J connectivity index is 1.22. The Kier molecular flexibility index (Phi) is 9.68. The third-order valence-corrected chi connectivity index (χ3v) is 5.95. The van der Waals surface area contributed by atoms with E-state index in [4.69, 9.17) is 13.9 Å². The molecular weight excluding hydrogens is 496 g/mol. The Morgan fingerprint density at radius 3 is 2.44 bits per heavy atom. The normalized spacial score (nSPS) is 11.4. The Bertz CT molecular complexity index is 1360. The smallest absolute Gasteiger partial charge is 0.407 e. The van der Waals surface area contributed by atoms with Gasteiger partial charge in [0.25, 0.3) is 0 Å². The first-order chi connectivity index (χ1) is 19.0. The van der Waals surface area contributed by atoms with Gasteiger partial charge in [-0.25, -0.2) is 14.6 Å². The number of anilines is 2. The molecule has 0 fully saturated rings. The molecule has 9 nitrogen and oxygen atoms in total. The number of carbonyl (C=O) groups excluding carboxylic acids is 2. The van der Waals surface area contributed by atoms with Crippen molar-refractivity contribution in [3.05, 3.63) is 102 Å². The maximum Gasteiger partial charge on any atom is 0.407 e. The number of hydrogen-bond donors (Lipinski definition) is 3. The number of oxazole rings is 1. The molecular formula is C30H32N4O5. The number of aromatic nitrogens is 1. The lowest BCUT2D eigenvalue weighted by Crippen LogP contribution is -2.30. The van der Waals surface area contributed by atoms with Crippen molar-refractivity contribution in [1.82, 2.24) is 10.3 Å². The van der Waals surface area contributed by atoms with E-state index in [9.17, 15) is 9.59 Å². The van der Waals surface area contributed by atoms with Gasteiger partial charge in [0.1, 0.15) is 6.10 Å². The molecule has 1 atom stereocenters. The summed E-state index contributed by atoms with van der Waals surface area (Å²) in [4.78, 5) is 28.8. The van der Waals surface area contributed by atoms with E-state index in [1.807, 2.05) is 62.4 Å². The minimum Gasteiger partial charge on any atom is -0.444 e. The third-order valence-electron chi connectivity index (χ3n) is 5.95. The van der Waals surface area contributed by atoms with E-state index in [1.54, 1.807) is 30.5 Å². The van der Waals surface area contributed by atoms with Gasteiger partial charge in [0, 0.05) is 23.5 Å². The number of benzene rings is 3. The zero-order valence-electron chi connectivity index (χ0n) is 22.0. The summed E-state index contributed by atoms with van der Waals surface area (Å²) in [6.07, 6.45) is 2.79. The van der Waals surface area contributed by atoms with Gasteiger partial charge in [-0.15, -0.1) is 0 Å². The van der Waals surface area contributed by atoms with E-state index in [2.05, 4.69) is 20.9 Å². The first kappa shape index (κ1) is 27.4. The highest BCUT2D eigenvalue weighted by molar-refractivity contribution is 6.00. The maximum atomic E-state index is 12.6. The van der Waals surface area contributed by atoms with Crippen molar-refractivity contribution in [2.24, 2.45) is 0 Å². The van der Waals surface area contributed by atoms with Gasteiger partial charge in [-0.05, 0) is 60.4 Å². The molecule has 202 valence electrons. The molecule has 0 aliphatic carbocycles. The summed E-state index contributed by atoms with van der Waals surface area (Å²) in [5.41, 5.74) is 4.96. The molecule has 4 aromatic rings. The fourth-order valence-electron chi connectivity index (χ4n) is 3.90. The topological polar surface area (TPSA) is 115 Å². The number of hydrogen-bond acceptors (Lipinski definition) is 6. The fraction of sp³-hybridized carbons (Fsp3) is 0.233. The number of aryl methyl sites for hydroxylation is 1. The van der Waals surface area contributed by atoms with Crippen LogP contribution in [0.1, 0.15) is 30.0 Å². The van der Waals surface area contributed by atoms with Crippen molar-refractivity contribution in [3.8, 4) is 11.3 Å². The van der Waals surface area contributed by atoms with Crippen LogP contribution in [0.2, 0.25) is 0 Å². The Morgan fingerprint density at radius 1 is 0.949 bits per heavy atom. The van der Waals surface area contributed by atoms with Crippen molar-refractivity contribution < 1.29 is 23.5 Å². The van der Waals surface area contributed by atoms with Crippen LogP contribution in [0.4, 0.5) is 21.0 Å². The van der Waals surface area contributed by atoms with Crippen molar-refractivity contribution in [3.63, 3.8) is 0 Å². The van der Waals surface area contributed by atoms with Crippen molar-refractivity contribution in [2.75, 3.05) is 17.2 Å². The zero-order valence-corrected chi connectivity index (χ0v) is 22.0. The first-order valence-electron chi connectivity index (χ1n) is 12.7. The Hall–Kier alpha value is -4.63. The Morgan fingerprint density at radius 2 is 1.72 bits per heavy atom. The van der Waals surface area contributed by atoms with E-state index in [0.29, 0.717) is 36.8 Å². The summed E-state index contributed by atoms with van der Waals surface area (Å²) >= 11 is 0. The molecule has 0 saturated carbocycles. The lowest BCUT2D eigenvalue weighted by atomic mass is 10.1. The van der Waals surface area contributed by atoms with Crippen LogP contribution in [-0.4, -0.2) is 29.8 Å².